The van der Waals surface area contributed by atoms with E-state index in [9.17, 15) is 22.0 Å². The maximum atomic E-state index is 14.9. The molecule has 33 heavy (non-hydrogen) atoms. The molecule has 0 unspecified atom stereocenters. The molecule has 3 aliphatic heterocycles. The molecule has 8 heteroatoms. The molecule has 3 nitrogen and oxygen atoms in total. The first-order valence-electron chi connectivity index (χ1n) is 12.1. The third-order valence-electron chi connectivity index (χ3n) is 7.66. The van der Waals surface area contributed by atoms with Gasteiger partial charge in [-0.05, 0) is 56.2 Å². The fourth-order valence-electron chi connectivity index (χ4n) is 5.47. The maximum absolute atomic E-state index is 14.9. The van der Waals surface area contributed by atoms with Gasteiger partial charge >= 0.3 is 0 Å². The molecule has 1 aromatic carbocycles. The molecule has 0 atom stereocenters. The molecule has 5 rings (SSSR count). The third-order valence-corrected chi connectivity index (χ3v) is 7.66. The van der Waals surface area contributed by atoms with Crippen molar-refractivity contribution in [3.05, 3.63) is 35.1 Å². The number of hydrogen-bond acceptors (Lipinski definition) is 3. The minimum Gasteiger partial charge on any atom is -0.326 e. The molecule has 0 N–H and O–H groups in total. The smallest absolute Gasteiger partial charge is 0.285 e. The number of rotatable bonds is 9. The summed E-state index contributed by atoms with van der Waals surface area (Å²) in [5, 5.41) is 0. The summed E-state index contributed by atoms with van der Waals surface area (Å²) in [5.74, 6) is -9.33. The van der Waals surface area contributed by atoms with E-state index in [1.807, 2.05) is 0 Å². The average Bonchev–Trinajstić information content (AvgIpc) is 2.82. The van der Waals surface area contributed by atoms with Crippen molar-refractivity contribution < 1.29 is 36.2 Å². The second-order valence-electron chi connectivity index (χ2n) is 10.1. The maximum Gasteiger partial charge on any atom is 0.285 e. The highest BCUT2D eigenvalue weighted by molar-refractivity contribution is 5.19. The fraction of sp³-hybridized carbons (Fsp3) is 0.760. The summed E-state index contributed by atoms with van der Waals surface area (Å²) in [7, 11) is 0. The number of halogens is 5. The molecule has 0 radical (unpaired) electrons. The SMILES string of the molecule is CCCCCC12COC(C3CCC(C(F)(F)CCc4cc(F)c(F)c(F)c4)CC3)(OC1)OC2. The first-order chi connectivity index (χ1) is 15.7. The van der Waals surface area contributed by atoms with Crippen LogP contribution in [0.4, 0.5) is 22.0 Å². The summed E-state index contributed by atoms with van der Waals surface area (Å²) in [6, 6.07) is 1.57. The lowest BCUT2D eigenvalue weighted by atomic mass is 9.75. The summed E-state index contributed by atoms with van der Waals surface area (Å²) in [6.07, 6.45) is 5.25. The summed E-state index contributed by atoms with van der Waals surface area (Å²) >= 11 is 0. The van der Waals surface area contributed by atoms with Crippen molar-refractivity contribution in [2.24, 2.45) is 17.3 Å². The van der Waals surface area contributed by atoms with Gasteiger partial charge in [0.25, 0.3) is 11.9 Å². The summed E-state index contributed by atoms with van der Waals surface area (Å²) in [5.41, 5.74) is -0.0684. The van der Waals surface area contributed by atoms with Gasteiger partial charge in [0.05, 0.1) is 19.8 Å². The Morgan fingerprint density at radius 2 is 1.48 bits per heavy atom. The van der Waals surface area contributed by atoms with E-state index in [1.165, 1.54) is 0 Å². The normalized spacial score (nSPS) is 32.3. The van der Waals surface area contributed by atoms with Crippen molar-refractivity contribution in [1.29, 1.82) is 0 Å². The number of alkyl halides is 2. The summed E-state index contributed by atoms with van der Waals surface area (Å²) in [6.45, 7) is 3.91. The Balaban J connectivity index is 1.28. The van der Waals surface area contributed by atoms with Crippen LogP contribution in [0.2, 0.25) is 0 Å². The molecule has 1 saturated carbocycles. The largest absolute Gasteiger partial charge is 0.326 e. The quantitative estimate of drug-likeness (QED) is 0.224. The molecule has 0 amide bonds. The van der Waals surface area contributed by atoms with E-state index in [0.29, 0.717) is 45.5 Å². The highest BCUT2D eigenvalue weighted by Crippen LogP contribution is 2.50. The monoisotopic (exact) mass is 476 g/mol. The molecule has 2 bridgehead atoms. The van der Waals surface area contributed by atoms with Crippen LogP contribution in [0, 0.1) is 34.7 Å². The molecule has 0 spiro atoms. The molecule has 1 aliphatic carbocycles. The van der Waals surface area contributed by atoms with Gasteiger partial charge in [-0.2, -0.15) is 0 Å². The van der Waals surface area contributed by atoms with E-state index in [1.54, 1.807) is 0 Å². The van der Waals surface area contributed by atoms with Gasteiger partial charge in [0.2, 0.25) is 0 Å². The van der Waals surface area contributed by atoms with E-state index in [-0.39, 0.29) is 23.3 Å². The number of ether oxygens (including phenoxy) is 3. The number of hydrogen-bond donors (Lipinski definition) is 0. The Hall–Kier alpha value is -1.25. The summed E-state index contributed by atoms with van der Waals surface area (Å²) in [4.78, 5) is 0. The fourth-order valence-corrected chi connectivity index (χ4v) is 5.47. The van der Waals surface area contributed by atoms with Crippen molar-refractivity contribution in [1.82, 2.24) is 0 Å². The van der Waals surface area contributed by atoms with Crippen LogP contribution in [-0.4, -0.2) is 31.7 Å². The van der Waals surface area contributed by atoms with Gasteiger partial charge in [0.1, 0.15) is 0 Å². The molecule has 3 saturated heterocycles. The van der Waals surface area contributed by atoms with Crippen LogP contribution < -0.4 is 0 Å². The molecular weight excluding hydrogens is 443 g/mol. The van der Waals surface area contributed by atoms with Crippen molar-refractivity contribution in [2.75, 3.05) is 19.8 Å². The topological polar surface area (TPSA) is 27.7 Å². The van der Waals surface area contributed by atoms with Gasteiger partial charge in [-0.15, -0.1) is 0 Å². The Bertz CT molecular complexity index is 775. The molecule has 4 aliphatic rings. The van der Waals surface area contributed by atoms with Crippen LogP contribution in [0.25, 0.3) is 0 Å². The average molecular weight is 477 g/mol. The molecule has 4 fully saturated rings. The Labute approximate surface area is 192 Å². The van der Waals surface area contributed by atoms with Crippen molar-refractivity contribution in [3.63, 3.8) is 0 Å². The zero-order valence-electron chi connectivity index (χ0n) is 19.1. The Kier molecular flexibility index (Phi) is 7.37. The first-order valence-corrected chi connectivity index (χ1v) is 12.1. The van der Waals surface area contributed by atoms with Gasteiger partial charge in [0.15, 0.2) is 17.5 Å². The second-order valence-corrected chi connectivity index (χ2v) is 10.1. The third kappa shape index (κ3) is 5.22. The predicted molar refractivity (Wildman–Crippen MR) is 112 cm³/mol. The molecule has 186 valence electrons. The van der Waals surface area contributed by atoms with E-state index < -0.39 is 41.7 Å². The standard InChI is InChI=1S/C25H33F5O3/c1-2-3-4-10-23-14-31-25(32-15-23,33-16-23)19-7-5-18(6-8-19)24(29,30)11-9-17-12-20(26)22(28)21(27)13-17/h12-13,18-19H,2-11,14-16H2,1H3. The van der Waals surface area contributed by atoms with Crippen molar-refractivity contribution >= 4 is 0 Å². The number of aryl methyl sites for hydroxylation is 1. The first kappa shape index (κ1) is 24.9. The highest BCUT2D eigenvalue weighted by Gasteiger charge is 2.57. The van der Waals surface area contributed by atoms with Crippen LogP contribution >= 0.6 is 0 Å². The minimum absolute atomic E-state index is 0.0284. The lowest BCUT2D eigenvalue weighted by Crippen LogP contribution is -2.63. The minimum atomic E-state index is -2.99. The van der Waals surface area contributed by atoms with Gasteiger partial charge in [-0.1, -0.05) is 26.2 Å². The lowest BCUT2D eigenvalue weighted by molar-refractivity contribution is -0.489. The zero-order chi connectivity index (χ0) is 23.7. The van der Waals surface area contributed by atoms with Crippen LogP contribution in [0.3, 0.4) is 0 Å². The van der Waals surface area contributed by atoms with Crippen LogP contribution in [0.1, 0.15) is 70.3 Å². The van der Waals surface area contributed by atoms with E-state index in [4.69, 9.17) is 14.2 Å². The molecular formula is C25H33F5O3. The van der Waals surface area contributed by atoms with Crippen LogP contribution in [-0.2, 0) is 20.6 Å². The lowest BCUT2D eigenvalue weighted by Gasteiger charge is -2.55. The van der Waals surface area contributed by atoms with Crippen molar-refractivity contribution in [3.8, 4) is 0 Å². The van der Waals surface area contributed by atoms with Gasteiger partial charge in [0, 0.05) is 23.7 Å². The van der Waals surface area contributed by atoms with Gasteiger partial charge in [-0.25, -0.2) is 22.0 Å². The van der Waals surface area contributed by atoms with Crippen LogP contribution in [0.15, 0.2) is 12.1 Å². The molecule has 3 heterocycles. The van der Waals surface area contributed by atoms with Gasteiger partial charge < -0.3 is 14.2 Å². The molecule has 1 aromatic rings. The van der Waals surface area contributed by atoms with E-state index in [0.717, 1.165) is 37.8 Å². The van der Waals surface area contributed by atoms with E-state index in [2.05, 4.69) is 6.92 Å². The van der Waals surface area contributed by atoms with Crippen molar-refractivity contribution in [2.45, 2.75) is 83.0 Å². The predicted octanol–water partition coefficient (Wildman–Crippen LogP) is 6.78. The Morgan fingerprint density at radius 1 is 0.909 bits per heavy atom. The highest BCUT2D eigenvalue weighted by atomic mass is 19.3. The Morgan fingerprint density at radius 3 is 2.03 bits per heavy atom. The van der Waals surface area contributed by atoms with Gasteiger partial charge in [-0.3, -0.25) is 0 Å². The second kappa shape index (κ2) is 9.78. The van der Waals surface area contributed by atoms with Crippen LogP contribution in [0.5, 0.6) is 0 Å². The molecule has 0 aromatic heterocycles. The van der Waals surface area contributed by atoms with E-state index >= 15 is 0 Å². The summed E-state index contributed by atoms with van der Waals surface area (Å²) < 4.78 is 87.8. The number of benzene rings is 1. The number of unbranched alkanes of at least 4 members (excludes halogenated alkanes) is 2. The zero-order valence-corrected chi connectivity index (χ0v) is 19.1. The number of fused-ring (bicyclic) bond motifs is 3.